The van der Waals surface area contributed by atoms with Crippen molar-refractivity contribution in [1.82, 2.24) is 15.1 Å². The van der Waals surface area contributed by atoms with Gasteiger partial charge in [0, 0.05) is 25.9 Å². The van der Waals surface area contributed by atoms with Gasteiger partial charge < -0.3 is 5.32 Å². The third kappa shape index (κ3) is 3.79. The van der Waals surface area contributed by atoms with Gasteiger partial charge in [-0.2, -0.15) is 5.10 Å². The molecule has 114 valence electrons. The van der Waals surface area contributed by atoms with E-state index in [9.17, 15) is 12.8 Å². The van der Waals surface area contributed by atoms with Crippen LogP contribution in [0.15, 0.2) is 35.4 Å². The average Bonchev–Trinajstić information content (AvgIpc) is 2.82. The monoisotopic (exact) mass is 312 g/mol. The highest BCUT2D eigenvalue weighted by Gasteiger charge is 2.20. The van der Waals surface area contributed by atoms with Crippen LogP contribution in [0.5, 0.6) is 0 Å². The first-order valence-corrected chi connectivity index (χ1v) is 7.92. The van der Waals surface area contributed by atoms with E-state index >= 15 is 0 Å². The zero-order chi connectivity index (χ0) is 15.5. The number of nitrogens with one attached hydrogen (secondary N) is 2. The first-order chi connectivity index (χ1) is 9.92. The lowest BCUT2D eigenvalue weighted by Crippen LogP contribution is -2.19. The summed E-state index contributed by atoms with van der Waals surface area (Å²) in [4.78, 5) is -0.0888. The number of benzene rings is 1. The topological polar surface area (TPSA) is 76.0 Å². The van der Waals surface area contributed by atoms with E-state index in [0.29, 0.717) is 18.7 Å². The fourth-order valence-corrected chi connectivity index (χ4v) is 3.09. The van der Waals surface area contributed by atoms with E-state index in [1.165, 1.54) is 22.9 Å². The Balaban J connectivity index is 2.35. The van der Waals surface area contributed by atoms with Gasteiger partial charge in [-0.3, -0.25) is 9.40 Å². The smallest absolute Gasteiger partial charge is 0.263 e. The molecule has 0 aliphatic carbocycles. The van der Waals surface area contributed by atoms with Crippen molar-refractivity contribution in [1.29, 1.82) is 0 Å². The average molecular weight is 312 g/mol. The van der Waals surface area contributed by atoms with Gasteiger partial charge in [-0.05, 0) is 24.2 Å². The fraction of sp³-hybridized carbons (Fsp3) is 0.308. The first kappa shape index (κ1) is 15.5. The summed E-state index contributed by atoms with van der Waals surface area (Å²) in [6.07, 6.45) is 1.61. The summed E-state index contributed by atoms with van der Waals surface area (Å²) >= 11 is 0. The van der Waals surface area contributed by atoms with Crippen LogP contribution in [0.4, 0.5) is 10.2 Å². The second kappa shape index (κ2) is 6.23. The molecular weight excluding hydrogens is 295 g/mol. The zero-order valence-electron chi connectivity index (χ0n) is 11.8. The van der Waals surface area contributed by atoms with Crippen LogP contribution >= 0.6 is 0 Å². The standard InChI is InChI=1S/C13H17FN4O2S/c1-3-15-9-10-4-5-11(14)8-12(10)21(19,20)17-13-6-7-18(2)16-13/h4-8,15H,3,9H2,1-2H3,(H,16,17). The maximum atomic E-state index is 13.4. The third-order valence-electron chi connectivity index (χ3n) is 2.84. The number of nitrogens with zero attached hydrogens (tertiary/aromatic N) is 2. The van der Waals surface area contributed by atoms with Gasteiger partial charge in [0.15, 0.2) is 5.82 Å². The highest BCUT2D eigenvalue weighted by molar-refractivity contribution is 7.92. The molecule has 2 N–H and O–H groups in total. The summed E-state index contributed by atoms with van der Waals surface area (Å²) in [6.45, 7) is 2.93. The van der Waals surface area contributed by atoms with Gasteiger partial charge in [-0.1, -0.05) is 13.0 Å². The number of hydrogen-bond acceptors (Lipinski definition) is 4. The number of sulfonamides is 1. The van der Waals surface area contributed by atoms with Crippen molar-refractivity contribution in [2.75, 3.05) is 11.3 Å². The molecule has 0 bridgehead atoms. The molecule has 1 aromatic carbocycles. The summed E-state index contributed by atoms with van der Waals surface area (Å²) in [7, 11) is -2.21. The molecule has 0 unspecified atom stereocenters. The minimum absolute atomic E-state index is 0.0888. The molecule has 21 heavy (non-hydrogen) atoms. The Kier molecular flexibility index (Phi) is 4.59. The third-order valence-corrected chi connectivity index (χ3v) is 4.27. The van der Waals surface area contributed by atoms with Crippen molar-refractivity contribution < 1.29 is 12.8 Å². The summed E-state index contributed by atoms with van der Waals surface area (Å²) in [5.74, 6) is -0.409. The highest BCUT2D eigenvalue weighted by Crippen LogP contribution is 2.20. The van der Waals surface area contributed by atoms with Crippen molar-refractivity contribution in [2.45, 2.75) is 18.4 Å². The number of aromatic nitrogens is 2. The summed E-state index contributed by atoms with van der Waals surface area (Å²) in [5.41, 5.74) is 0.502. The van der Waals surface area contributed by atoms with Gasteiger partial charge in [0.1, 0.15) is 5.82 Å². The lowest BCUT2D eigenvalue weighted by molar-refractivity contribution is 0.590. The van der Waals surface area contributed by atoms with Gasteiger partial charge >= 0.3 is 0 Å². The zero-order valence-corrected chi connectivity index (χ0v) is 12.6. The lowest BCUT2D eigenvalue weighted by atomic mass is 10.2. The molecule has 6 nitrogen and oxygen atoms in total. The molecule has 0 radical (unpaired) electrons. The second-order valence-corrected chi connectivity index (χ2v) is 6.16. The Morgan fingerprint density at radius 1 is 1.33 bits per heavy atom. The molecule has 1 aromatic heterocycles. The van der Waals surface area contributed by atoms with E-state index < -0.39 is 15.8 Å². The van der Waals surface area contributed by atoms with Gasteiger partial charge in [0.2, 0.25) is 0 Å². The van der Waals surface area contributed by atoms with E-state index in [1.54, 1.807) is 13.2 Å². The summed E-state index contributed by atoms with van der Waals surface area (Å²) in [5, 5.41) is 6.98. The molecular formula is C13H17FN4O2S. The maximum absolute atomic E-state index is 13.4. The van der Waals surface area contributed by atoms with Crippen LogP contribution in [0.1, 0.15) is 12.5 Å². The molecule has 0 atom stereocenters. The van der Waals surface area contributed by atoms with E-state index in [2.05, 4.69) is 15.1 Å². The molecule has 2 rings (SSSR count). The maximum Gasteiger partial charge on any atom is 0.263 e. The van der Waals surface area contributed by atoms with Crippen molar-refractivity contribution in [2.24, 2.45) is 7.05 Å². The molecule has 2 aromatic rings. The van der Waals surface area contributed by atoms with Gasteiger partial charge in [0.05, 0.1) is 4.90 Å². The van der Waals surface area contributed by atoms with Crippen LogP contribution in [0.3, 0.4) is 0 Å². The van der Waals surface area contributed by atoms with E-state index in [1.807, 2.05) is 6.92 Å². The molecule has 0 fully saturated rings. The van der Waals surface area contributed by atoms with Gasteiger partial charge in [-0.25, -0.2) is 12.8 Å². The summed E-state index contributed by atoms with van der Waals surface area (Å²) < 4.78 is 42.0. The SMILES string of the molecule is CCNCc1ccc(F)cc1S(=O)(=O)Nc1ccn(C)n1. The van der Waals surface area contributed by atoms with Gasteiger partial charge in [0.25, 0.3) is 10.0 Å². The molecule has 0 aliphatic rings. The molecule has 0 saturated heterocycles. The van der Waals surface area contributed by atoms with E-state index in [4.69, 9.17) is 0 Å². The van der Waals surface area contributed by atoms with Crippen molar-refractivity contribution in [3.05, 3.63) is 41.8 Å². The van der Waals surface area contributed by atoms with Crippen molar-refractivity contribution in [3.63, 3.8) is 0 Å². The number of rotatable bonds is 6. The second-order valence-electron chi connectivity index (χ2n) is 4.51. The van der Waals surface area contributed by atoms with Crippen LogP contribution < -0.4 is 10.0 Å². The van der Waals surface area contributed by atoms with Crippen LogP contribution in [-0.4, -0.2) is 24.7 Å². The normalized spacial score (nSPS) is 11.6. The predicted molar refractivity (Wildman–Crippen MR) is 77.8 cm³/mol. The molecule has 0 amide bonds. The Bertz CT molecular complexity index is 728. The lowest BCUT2D eigenvalue weighted by Gasteiger charge is -2.11. The Morgan fingerprint density at radius 3 is 2.71 bits per heavy atom. The molecule has 0 spiro atoms. The molecule has 0 aliphatic heterocycles. The predicted octanol–water partition coefficient (Wildman–Crippen LogP) is 1.47. The minimum atomic E-state index is -3.89. The van der Waals surface area contributed by atoms with Gasteiger partial charge in [-0.15, -0.1) is 0 Å². The van der Waals surface area contributed by atoms with E-state index in [-0.39, 0.29) is 10.7 Å². The van der Waals surface area contributed by atoms with Crippen LogP contribution in [0, 0.1) is 5.82 Å². The minimum Gasteiger partial charge on any atom is -0.313 e. The Morgan fingerprint density at radius 2 is 2.10 bits per heavy atom. The summed E-state index contributed by atoms with van der Waals surface area (Å²) in [6, 6.07) is 5.25. The molecule has 1 heterocycles. The largest absolute Gasteiger partial charge is 0.313 e. The number of anilines is 1. The number of aryl methyl sites for hydroxylation is 1. The van der Waals surface area contributed by atoms with Crippen LogP contribution in [0.2, 0.25) is 0 Å². The van der Waals surface area contributed by atoms with Crippen LogP contribution in [-0.2, 0) is 23.6 Å². The fourth-order valence-electron chi connectivity index (χ4n) is 1.85. The number of hydrogen-bond donors (Lipinski definition) is 2. The van der Waals surface area contributed by atoms with Crippen LogP contribution in [0.25, 0.3) is 0 Å². The Labute approximate surface area is 123 Å². The molecule has 0 saturated carbocycles. The quantitative estimate of drug-likeness (QED) is 0.847. The molecule has 8 heteroatoms. The number of halogens is 1. The Hall–Kier alpha value is -1.93. The van der Waals surface area contributed by atoms with Crippen molar-refractivity contribution >= 4 is 15.8 Å². The van der Waals surface area contributed by atoms with E-state index in [0.717, 1.165) is 6.07 Å². The van der Waals surface area contributed by atoms with Crippen molar-refractivity contribution in [3.8, 4) is 0 Å². The highest BCUT2D eigenvalue weighted by atomic mass is 32.2. The first-order valence-electron chi connectivity index (χ1n) is 6.44.